The van der Waals surface area contributed by atoms with Gasteiger partial charge in [-0.15, -0.1) is 0 Å². The number of hydrogen-bond donors (Lipinski definition) is 3. The van der Waals surface area contributed by atoms with E-state index in [9.17, 15) is 9.59 Å². The predicted octanol–water partition coefficient (Wildman–Crippen LogP) is -0.409. The molecule has 1 aliphatic rings. The Morgan fingerprint density at radius 3 is 2.50 bits per heavy atom. The van der Waals surface area contributed by atoms with Gasteiger partial charge in [-0.2, -0.15) is 11.8 Å². The fourth-order valence-electron chi connectivity index (χ4n) is 1.71. The number of carbonyl (C=O) groups excluding carboxylic acids is 2. The third kappa shape index (κ3) is 3.38. The average molecular weight is 245 g/mol. The zero-order valence-corrected chi connectivity index (χ0v) is 10.3. The van der Waals surface area contributed by atoms with Crippen molar-refractivity contribution in [1.29, 1.82) is 0 Å². The van der Waals surface area contributed by atoms with Crippen molar-refractivity contribution in [2.24, 2.45) is 11.5 Å². The van der Waals surface area contributed by atoms with Gasteiger partial charge in [0.05, 0.1) is 12.5 Å². The van der Waals surface area contributed by atoms with Crippen LogP contribution in [0.1, 0.15) is 25.7 Å². The Hall–Kier alpha value is -0.750. The SMILES string of the molecule is CSC1(CNC(=O)C(N)CC(N)=O)CCC1. The summed E-state index contributed by atoms with van der Waals surface area (Å²) in [5, 5.41) is 2.79. The molecule has 92 valence electrons. The first kappa shape index (κ1) is 13.3. The first-order valence-electron chi connectivity index (χ1n) is 5.36. The number of nitrogens with one attached hydrogen (secondary N) is 1. The van der Waals surface area contributed by atoms with Crippen LogP contribution in [0.2, 0.25) is 0 Å². The molecular weight excluding hydrogens is 226 g/mol. The molecule has 1 rings (SSSR count). The van der Waals surface area contributed by atoms with Crippen molar-refractivity contribution in [3.8, 4) is 0 Å². The highest BCUT2D eigenvalue weighted by Gasteiger charge is 2.36. The average Bonchev–Trinajstić information content (AvgIpc) is 2.15. The quantitative estimate of drug-likeness (QED) is 0.592. The van der Waals surface area contributed by atoms with E-state index in [0.29, 0.717) is 6.54 Å². The Morgan fingerprint density at radius 1 is 1.50 bits per heavy atom. The molecule has 2 amide bonds. The van der Waals surface area contributed by atoms with Gasteiger partial charge in [-0.3, -0.25) is 9.59 Å². The zero-order valence-electron chi connectivity index (χ0n) is 9.49. The topological polar surface area (TPSA) is 98.2 Å². The molecule has 0 bridgehead atoms. The fraction of sp³-hybridized carbons (Fsp3) is 0.800. The maximum Gasteiger partial charge on any atom is 0.237 e. The van der Waals surface area contributed by atoms with Crippen molar-refractivity contribution in [2.45, 2.75) is 36.5 Å². The minimum absolute atomic E-state index is 0.0991. The highest BCUT2D eigenvalue weighted by molar-refractivity contribution is 8.00. The van der Waals surface area contributed by atoms with Crippen LogP contribution in [0.3, 0.4) is 0 Å². The molecule has 0 aromatic carbocycles. The van der Waals surface area contributed by atoms with Gasteiger partial charge in [-0.1, -0.05) is 6.42 Å². The molecule has 0 aromatic heterocycles. The summed E-state index contributed by atoms with van der Waals surface area (Å²) in [6.07, 6.45) is 5.41. The third-order valence-corrected chi connectivity index (χ3v) is 4.46. The first-order valence-corrected chi connectivity index (χ1v) is 6.58. The van der Waals surface area contributed by atoms with Gasteiger partial charge in [0.25, 0.3) is 0 Å². The Labute approximate surface area is 99.7 Å². The zero-order chi connectivity index (χ0) is 12.2. The van der Waals surface area contributed by atoms with Crippen LogP contribution in [0.4, 0.5) is 0 Å². The van der Waals surface area contributed by atoms with Crippen molar-refractivity contribution < 1.29 is 9.59 Å². The molecule has 5 N–H and O–H groups in total. The van der Waals surface area contributed by atoms with Gasteiger partial charge in [0, 0.05) is 11.3 Å². The van der Waals surface area contributed by atoms with Gasteiger partial charge in [0.2, 0.25) is 11.8 Å². The van der Waals surface area contributed by atoms with Crippen molar-refractivity contribution in [3.63, 3.8) is 0 Å². The maximum absolute atomic E-state index is 11.5. The smallest absolute Gasteiger partial charge is 0.237 e. The first-order chi connectivity index (χ1) is 7.49. The molecule has 0 radical (unpaired) electrons. The summed E-state index contributed by atoms with van der Waals surface area (Å²) in [7, 11) is 0. The number of hydrogen-bond acceptors (Lipinski definition) is 4. The number of carbonyl (C=O) groups is 2. The van der Waals surface area contributed by atoms with E-state index in [-0.39, 0.29) is 17.1 Å². The monoisotopic (exact) mass is 245 g/mol. The van der Waals surface area contributed by atoms with E-state index in [2.05, 4.69) is 11.6 Å². The minimum Gasteiger partial charge on any atom is -0.370 e. The predicted molar refractivity (Wildman–Crippen MR) is 64.9 cm³/mol. The molecule has 0 spiro atoms. The van der Waals surface area contributed by atoms with Crippen LogP contribution in [0.5, 0.6) is 0 Å². The largest absolute Gasteiger partial charge is 0.370 e. The van der Waals surface area contributed by atoms with Gasteiger partial charge >= 0.3 is 0 Å². The summed E-state index contributed by atoms with van der Waals surface area (Å²) in [6.45, 7) is 0.624. The lowest BCUT2D eigenvalue weighted by molar-refractivity contribution is -0.126. The number of primary amides is 1. The highest BCUT2D eigenvalue weighted by Crippen LogP contribution is 2.42. The van der Waals surface area contributed by atoms with E-state index in [1.807, 2.05) is 0 Å². The van der Waals surface area contributed by atoms with Crippen molar-refractivity contribution in [1.82, 2.24) is 5.32 Å². The van der Waals surface area contributed by atoms with E-state index in [1.165, 1.54) is 6.42 Å². The Morgan fingerprint density at radius 2 is 2.12 bits per heavy atom. The van der Waals surface area contributed by atoms with E-state index in [4.69, 9.17) is 11.5 Å². The molecule has 0 aliphatic heterocycles. The molecule has 6 heteroatoms. The Kier molecular flexibility index (Phi) is 4.61. The fourth-order valence-corrected chi connectivity index (χ4v) is 2.63. The number of rotatable bonds is 6. The molecule has 5 nitrogen and oxygen atoms in total. The van der Waals surface area contributed by atoms with Gasteiger partial charge < -0.3 is 16.8 Å². The molecule has 1 atom stereocenters. The van der Waals surface area contributed by atoms with Gasteiger partial charge in [0.15, 0.2) is 0 Å². The summed E-state index contributed by atoms with van der Waals surface area (Å²) in [4.78, 5) is 22.1. The molecule has 1 aliphatic carbocycles. The van der Waals surface area contributed by atoms with Crippen LogP contribution >= 0.6 is 11.8 Å². The molecule has 1 saturated carbocycles. The van der Waals surface area contributed by atoms with Gasteiger partial charge in [0.1, 0.15) is 0 Å². The van der Waals surface area contributed by atoms with E-state index in [1.54, 1.807) is 11.8 Å². The molecule has 0 aromatic rings. The van der Waals surface area contributed by atoms with Crippen LogP contribution in [0, 0.1) is 0 Å². The summed E-state index contributed by atoms with van der Waals surface area (Å²) < 4.78 is 0.183. The van der Waals surface area contributed by atoms with Crippen LogP contribution in [0.25, 0.3) is 0 Å². The van der Waals surface area contributed by atoms with Crippen LogP contribution in [-0.2, 0) is 9.59 Å². The second kappa shape index (κ2) is 5.54. The Bertz CT molecular complexity index is 274. The van der Waals surface area contributed by atoms with Gasteiger partial charge in [-0.25, -0.2) is 0 Å². The van der Waals surface area contributed by atoms with Gasteiger partial charge in [-0.05, 0) is 19.1 Å². The lowest BCUT2D eigenvalue weighted by Crippen LogP contribution is -2.50. The summed E-state index contributed by atoms with van der Waals surface area (Å²) in [5.74, 6) is -0.843. The molecule has 1 fully saturated rings. The lowest BCUT2D eigenvalue weighted by atomic mass is 9.84. The number of nitrogens with two attached hydrogens (primary N) is 2. The second-order valence-electron chi connectivity index (χ2n) is 4.24. The number of thioether (sulfide) groups is 1. The molecule has 0 heterocycles. The summed E-state index contributed by atoms with van der Waals surface area (Å²) >= 11 is 1.78. The second-order valence-corrected chi connectivity index (χ2v) is 5.51. The van der Waals surface area contributed by atoms with Crippen LogP contribution < -0.4 is 16.8 Å². The van der Waals surface area contributed by atoms with Crippen molar-refractivity contribution in [3.05, 3.63) is 0 Å². The molecule has 16 heavy (non-hydrogen) atoms. The minimum atomic E-state index is -0.823. The lowest BCUT2D eigenvalue weighted by Gasteiger charge is -2.40. The van der Waals surface area contributed by atoms with Crippen molar-refractivity contribution in [2.75, 3.05) is 12.8 Å². The van der Waals surface area contributed by atoms with E-state index in [0.717, 1.165) is 12.8 Å². The molecule has 0 saturated heterocycles. The number of amides is 2. The standard InChI is InChI=1S/C10H19N3O2S/c1-16-10(3-2-4-10)6-13-9(15)7(11)5-8(12)14/h7H,2-6,11H2,1H3,(H2,12,14)(H,13,15). The van der Waals surface area contributed by atoms with E-state index < -0.39 is 11.9 Å². The normalized spacial score (nSPS) is 19.6. The van der Waals surface area contributed by atoms with Crippen molar-refractivity contribution >= 4 is 23.6 Å². The van der Waals surface area contributed by atoms with Crippen LogP contribution in [-0.4, -0.2) is 35.4 Å². The highest BCUT2D eigenvalue weighted by atomic mass is 32.2. The molecule has 1 unspecified atom stereocenters. The molecular formula is C10H19N3O2S. The summed E-state index contributed by atoms with van der Waals surface area (Å²) in [6, 6.07) is -0.823. The Balaban J connectivity index is 2.31. The third-order valence-electron chi connectivity index (χ3n) is 3.04. The van der Waals surface area contributed by atoms with Crippen LogP contribution in [0.15, 0.2) is 0 Å². The summed E-state index contributed by atoms with van der Waals surface area (Å²) in [5.41, 5.74) is 10.5. The van der Waals surface area contributed by atoms with E-state index >= 15 is 0 Å². The maximum atomic E-state index is 11.5.